The van der Waals surface area contributed by atoms with E-state index in [1.807, 2.05) is 31.2 Å². The smallest absolute Gasteiger partial charge is 0.270 e. The third-order valence-electron chi connectivity index (χ3n) is 3.85. The van der Waals surface area contributed by atoms with Crippen LogP contribution in [0.3, 0.4) is 0 Å². The summed E-state index contributed by atoms with van der Waals surface area (Å²) in [6, 6.07) is 7.91. The van der Waals surface area contributed by atoms with E-state index in [1.165, 1.54) is 0 Å². The molecule has 1 aliphatic heterocycles. The van der Waals surface area contributed by atoms with Crippen LogP contribution in [0.2, 0.25) is 0 Å². The average molecular weight is 271 g/mol. The van der Waals surface area contributed by atoms with Crippen molar-refractivity contribution in [3.05, 3.63) is 35.5 Å². The van der Waals surface area contributed by atoms with Gasteiger partial charge in [-0.15, -0.1) is 0 Å². The van der Waals surface area contributed by atoms with E-state index in [-0.39, 0.29) is 5.91 Å². The summed E-state index contributed by atoms with van der Waals surface area (Å²) in [4.78, 5) is 29.8. The Morgan fingerprint density at radius 2 is 2.00 bits per heavy atom. The van der Waals surface area contributed by atoms with Crippen LogP contribution in [0.5, 0.6) is 0 Å². The molecular formula is C15H17N3O2. The average Bonchev–Trinajstić information content (AvgIpc) is 2.92. The molecule has 5 nitrogen and oxygen atoms in total. The van der Waals surface area contributed by atoms with E-state index in [9.17, 15) is 9.59 Å². The van der Waals surface area contributed by atoms with Gasteiger partial charge in [0.05, 0.1) is 0 Å². The highest BCUT2D eigenvalue weighted by Gasteiger charge is 2.22. The number of piperazine rings is 1. The molecule has 0 atom stereocenters. The fourth-order valence-electron chi connectivity index (χ4n) is 2.62. The van der Waals surface area contributed by atoms with E-state index >= 15 is 0 Å². The lowest BCUT2D eigenvalue weighted by Gasteiger charge is -2.32. The number of aromatic nitrogens is 1. The molecule has 1 N–H and O–H groups in total. The number of hydrogen-bond acceptors (Lipinski definition) is 2. The van der Waals surface area contributed by atoms with Crippen LogP contribution in [0.1, 0.15) is 16.1 Å². The molecular weight excluding hydrogens is 254 g/mol. The fraction of sp³-hybridized carbons (Fsp3) is 0.333. The van der Waals surface area contributed by atoms with Crippen LogP contribution in [0.15, 0.2) is 24.3 Å². The number of aryl methyl sites for hydroxylation is 1. The number of nitrogens with zero attached hydrogens (tertiary/aromatic N) is 2. The maximum absolute atomic E-state index is 12.5. The minimum absolute atomic E-state index is 0.00569. The molecule has 1 aromatic heterocycles. The van der Waals surface area contributed by atoms with Gasteiger partial charge in [0.2, 0.25) is 6.41 Å². The normalized spacial score (nSPS) is 15.7. The van der Waals surface area contributed by atoms with Crippen molar-refractivity contribution >= 4 is 23.2 Å². The zero-order valence-corrected chi connectivity index (χ0v) is 11.4. The topological polar surface area (TPSA) is 56.4 Å². The highest BCUT2D eigenvalue weighted by atomic mass is 16.2. The molecule has 0 saturated carbocycles. The van der Waals surface area contributed by atoms with Crippen molar-refractivity contribution in [1.29, 1.82) is 0 Å². The Hall–Kier alpha value is -2.30. The van der Waals surface area contributed by atoms with Gasteiger partial charge in [-0.2, -0.15) is 0 Å². The molecule has 2 aromatic rings. The lowest BCUT2D eigenvalue weighted by Crippen LogP contribution is -2.48. The molecule has 2 amide bonds. The zero-order valence-electron chi connectivity index (χ0n) is 11.4. The predicted octanol–water partition coefficient (Wildman–Crippen LogP) is 1.39. The summed E-state index contributed by atoms with van der Waals surface area (Å²) in [5.74, 6) is 0.00569. The largest absolute Gasteiger partial charge is 0.350 e. The molecule has 104 valence electrons. The summed E-state index contributed by atoms with van der Waals surface area (Å²) < 4.78 is 0. The van der Waals surface area contributed by atoms with Crippen molar-refractivity contribution < 1.29 is 9.59 Å². The van der Waals surface area contributed by atoms with Gasteiger partial charge in [0.1, 0.15) is 5.69 Å². The SMILES string of the molecule is Cc1cccc2cc(C(=O)N3CCN(C=O)CC3)[nH]c12. The molecule has 1 aliphatic rings. The van der Waals surface area contributed by atoms with E-state index in [4.69, 9.17) is 0 Å². The van der Waals surface area contributed by atoms with Gasteiger partial charge in [0.15, 0.2) is 0 Å². The van der Waals surface area contributed by atoms with Gasteiger partial charge in [-0.25, -0.2) is 0 Å². The lowest BCUT2D eigenvalue weighted by molar-refractivity contribution is -0.119. The third-order valence-corrected chi connectivity index (χ3v) is 3.85. The summed E-state index contributed by atoms with van der Waals surface area (Å²) in [6.07, 6.45) is 0.841. The van der Waals surface area contributed by atoms with Gasteiger partial charge in [-0.05, 0) is 18.6 Å². The minimum atomic E-state index is 0.00569. The van der Waals surface area contributed by atoms with Gasteiger partial charge in [0.25, 0.3) is 5.91 Å². The maximum atomic E-state index is 12.5. The first-order valence-corrected chi connectivity index (χ1v) is 6.76. The first kappa shape index (κ1) is 12.7. The number of benzene rings is 1. The molecule has 0 radical (unpaired) electrons. The standard InChI is InChI=1S/C15H17N3O2/c1-11-3-2-4-12-9-13(16-14(11)12)15(20)18-7-5-17(10-19)6-8-18/h2-4,9-10,16H,5-8H2,1H3. The maximum Gasteiger partial charge on any atom is 0.270 e. The number of para-hydroxylation sites is 1. The number of carbonyl (C=O) groups excluding carboxylic acids is 2. The highest BCUT2D eigenvalue weighted by Crippen LogP contribution is 2.20. The van der Waals surface area contributed by atoms with Crippen LogP contribution in [-0.2, 0) is 4.79 Å². The number of amides is 2. The molecule has 20 heavy (non-hydrogen) atoms. The molecule has 0 spiro atoms. The summed E-state index contributed by atoms with van der Waals surface area (Å²) in [5, 5.41) is 1.06. The summed E-state index contributed by atoms with van der Waals surface area (Å²) >= 11 is 0. The second kappa shape index (κ2) is 5.00. The van der Waals surface area contributed by atoms with E-state index in [1.54, 1.807) is 9.80 Å². The Morgan fingerprint density at radius 1 is 1.25 bits per heavy atom. The molecule has 5 heteroatoms. The Bertz CT molecular complexity index is 654. The van der Waals surface area contributed by atoms with Crippen LogP contribution < -0.4 is 0 Å². The van der Waals surface area contributed by atoms with Crippen LogP contribution in [0.25, 0.3) is 10.9 Å². The van der Waals surface area contributed by atoms with Crippen molar-refractivity contribution in [2.24, 2.45) is 0 Å². The first-order chi connectivity index (χ1) is 9.69. The van der Waals surface area contributed by atoms with E-state index in [2.05, 4.69) is 4.98 Å². The number of aromatic amines is 1. The number of rotatable bonds is 2. The van der Waals surface area contributed by atoms with Crippen LogP contribution in [0, 0.1) is 6.92 Å². The molecule has 1 aromatic carbocycles. The molecule has 0 bridgehead atoms. The molecule has 2 heterocycles. The quantitative estimate of drug-likeness (QED) is 0.839. The summed E-state index contributed by atoms with van der Waals surface area (Å²) in [5.41, 5.74) is 2.77. The van der Waals surface area contributed by atoms with E-state index < -0.39 is 0 Å². The van der Waals surface area contributed by atoms with Crippen molar-refractivity contribution in [2.75, 3.05) is 26.2 Å². The first-order valence-electron chi connectivity index (χ1n) is 6.76. The second-order valence-electron chi connectivity index (χ2n) is 5.16. The molecule has 3 rings (SSSR count). The van der Waals surface area contributed by atoms with E-state index in [0.717, 1.165) is 22.9 Å². The Kier molecular flexibility index (Phi) is 3.18. The molecule has 1 fully saturated rings. The number of nitrogens with one attached hydrogen (secondary N) is 1. The molecule has 1 saturated heterocycles. The summed E-state index contributed by atoms with van der Waals surface area (Å²) in [7, 11) is 0. The van der Waals surface area contributed by atoms with Crippen LogP contribution in [0.4, 0.5) is 0 Å². The third kappa shape index (κ3) is 2.15. The van der Waals surface area contributed by atoms with Crippen LogP contribution >= 0.6 is 0 Å². The number of hydrogen-bond donors (Lipinski definition) is 1. The highest BCUT2D eigenvalue weighted by molar-refractivity contribution is 5.98. The monoisotopic (exact) mass is 271 g/mol. The van der Waals surface area contributed by atoms with Crippen molar-refractivity contribution in [3.8, 4) is 0 Å². The number of fused-ring (bicyclic) bond motifs is 1. The van der Waals surface area contributed by atoms with Gasteiger partial charge < -0.3 is 14.8 Å². The van der Waals surface area contributed by atoms with E-state index in [0.29, 0.717) is 31.9 Å². The van der Waals surface area contributed by atoms with Crippen molar-refractivity contribution in [2.45, 2.75) is 6.92 Å². The Labute approximate surface area is 117 Å². The van der Waals surface area contributed by atoms with Crippen molar-refractivity contribution in [1.82, 2.24) is 14.8 Å². The number of H-pyrrole nitrogens is 1. The minimum Gasteiger partial charge on any atom is -0.350 e. The zero-order chi connectivity index (χ0) is 14.1. The fourth-order valence-corrected chi connectivity index (χ4v) is 2.62. The van der Waals surface area contributed by atoms with Gasteiger partial charge >= 0.3 is 0 Å². The van der Waals surface area contributed by atoms with Gasteiger partial charge in [-0.3, -0.25) is 9.59 Å². The Balaban J connectivity index is 1.82. The number of carbonyl (C=O) groups is 2. The van der Waals surface area contributed by atoms with Crippen LogP contribution in [-0.4, -0.2) is 53.3 Å². The van der Waals surface area contributed by atoms with Gasteiger partial charge in [-0.1, -0.05) is 18.2 Å². The predicted molar refractivity (Wildman–Crippen MR) is 76.6 cm³/mol. The molecule has 0 aliphatic carbocycles. The molecule has 0 unspecified atom stereocenters. The van der Waals surface area contributed by atoms with Crippen molar-refractivity contribution in [3.63, 3.8) is 0 Å². The lowest BCUT2D eigenvalue weighted by atomic mass is 10.2. The second-order valence-corrected chi connectivity index (χ2v) is 5.16. The Morgan fingerprint density at radius 3 is 2.65 bits per heavy atom. The summed E-state index contributed by atoms with van der Waals surface area (Å²) in [6.45, 7) is 4.41. The van der Waals surface area contributed by atoms with Gasteiger partial charge in [0, 0.05) is 37.1 Å².